The summed E-state index contributed by atoms with van der Waals surface area (Å²) in [6.45, 7) is 3.34. The Bertz CT molecular complexity index is 1120. The van der Waals surface area contributed by atoms with E-state index >= 15 is 0 Å². The first-order chi connectivity index (χ1) is 15.0. The van der Waals surface area contributed by atoms with E-state index in [0.29, 0.717) is 12.3 Å². The Morgan fingerprint density at radius 2 is 1.97 bits per heavy atom. The van der Waals surface area contributed by atoms with Crippen molar-refractivity contribution in [2.24, 2.45) is 7.05 Å². The van der Waals surface area contributed by atoms with E-state index in [1.54, 1.807) is 19.0 Å². The first-order valence-corrected chi connectivity index (χ1v) is 10.9. The molecule has 1 saturated heterocycles. The van der Waals surface area contributed by atoms with E-state index in [2.05, 4.69) is 39.2 Å². The molecule has 2 aromatic heterocycles. The van der Waals surface area contributed by atoms with Gasteiger partial charge >= 0.3 is 0 Å². The maximum atomic E-state index is 12.5. The van der Waals surface area contributed by atoms with E-state index < -0.39 is 0 Å². The van der Waals surface area contributed by atoms with E-state index in [9.17, 15) is 4.79 Å². The van der Waals surface area contributed by atoms with E-state index in [1.807, 2.05) is 24.0 Å². The third-order valence-electron chi connectivity index (χ3n) is 6.77. The number of carbonyl (C=O) groups is 1. The van der Waals surface area contributed by atoms with Crippen LogP contribution >= 0.6 is 0 Å². The Labute approximate surface area is 182 Å². The molecule has 0 unspecified atom stereocenters. The fourth-order valence-corrected chi connectivity index (χ4v) is 4.92. The SMILES string of the molecule is CN(C)C(=O)c1nn(C)c2c1COC1(CCN(Cc3cccc4cccnc34)CC1)C2. The molecule has 4 heterocycles. The molecule has 0 N–H and O–H groups in total. The molecule has 0 radical (unpaired) electrons. The Morgan fingerprint density at radius 1 is 1.19 bits per heavy atom. The van der Waals surface area contributed by atoms with Crippen LogP contribution in [0.2, 0.25) is 0 Å². The third kappa shape index (κ3) is 3.62. The highest BCUT2D eigenvalue weighted by molar-refractivity contribution is 5.93. The van der Waals surface area contributed by atoms with Gasteiger partial charge in [-0.2, -0.15) is 5.10 Å². The second-order valence-corrected chi connectivity index (χ2v) is 9.01. The molecule has 162 valence electrons. The van der Waals surface area contributed by atoms with Gasteiger partial charge in [0.25, 0.3) is 5.91 Å². The normalized spacial score (nSPS) is 18.3. The van der Waals surface area contributed by atoms with Crippen LogP contribution in [0.1, 0.15) is 40.2 Å². The van der Waals surface area contributed by atoms with Crippen molar-refractivity contribution in [1.29, 1.82) is 0 Å². The fraction of sp³-hybridized carbons (Fsp3) is 0.458. The largest absolute Gasteiger partial charge is 0.370 e. The van der Waals surface area contributed by atoms with Gasteiger partial charge in [0.2, 0.25) is 0 Å². The predicted molar refractivity (Wildman–Crippen MR) is 119 cm³/mol. The summed E-state index contributed by atoms with van der Waals surface area (Å²) < 4.78 is 8.30. The van der Waals surface area contributed by atoms with Crippen molar-refractivity contribution >= 4 is 16.8 Å². The molecule has 5 rings (SSSR count). The number of benzene rings is 1. The average molecular weight is 420 g/mol. The van der Waals surface area contributed by atoms with Gasteiger partial charge in [0, 0.05) is 70.0 Å². The van der Waals surface area contributed by atoms with Crippen LogP contribution in [0.15, 0.2) is 36.5 Å². The molecule has 3 aromatic rings. The van der Waals surface area contributed by atoms with E-state index in [1.165, 1.54) is 10.9 Å². The zero-order chi connectivity index (χ0) is 21.6. The Kier molecular flexibility index (Phi) is 5.02. The molecule has 1 amide bonds. The summed E-state index contributed by atoms with van der Waals surface area (Å²) in [6, 6.07) is 10.5. The molecule has 1 aromatic carbocycles. The van der Waals surface area contributed by atoms with Crippen molar-refractivity contribution in [3.63, 3.8) is 0 Å². The standard InChI is InChI=1S/C24H29N5O2/c1-27(2)23(30)22-19-16-31-24(14-20(19)28(3)26-22)9-12-29(13-10-24)15-18-7-4-6-17-8-5-11-25-21(17)18/h4-8,11H,9-10,12-16H2,1-3H3. The highest BCUT2D eigenvalue weighted by Crippen LogP contribution is 2.37. The van der Waals surface area contributed by atoms with Crippen LogP contribution < -0.4 is 0 Å². The van der Waals surface area contributed by atoms with Gasteiger partial charge in [-0.1, -0.05) is 24.3 Å². The quantitative estimate of drug-likeness (QED) is 0.653. The van der Waals surface area contributed by atoms with Crippen molar-refractivity contribution in [1.82, 2.24) is 24.6 Å². The van der Waals surface area contributed by atoms with Gasteiger partial charge in [-0.25, -0.2) is 0 Å². The average Bonchev–Trinajstić information content (AvgIpc) is 3.10. The minimum Gasteiger partial charge on any atom is -0.370 e. The lowest BCUT2D eigenvalue weighted by Crippen LogP contribution is -2.49. The molecule has 7 heteroatoms. The zero-order valence-corrected chi connectivity index (χ0v) is 18.5. The first-order valence-electron chi connectivity index (χ1n) is 10.9. The molecule has 31 heavy (non-hydrogen) atoms. The number of hydrogen-bond acceptors (Lipinski definition) is 5. The summed E-state index contributed by atoms with van der Waals surface area (Å²) in [4.78, 5) is 21.2. The summed E-state index contributed by atoms with van der Waals surface area (Å²) >= 11 is 0. The second-order valence-electron chi connectivity index (χ2n) is 9.01. The second kappa shape index (κ2) is 7.73. The van der Waals surface area contributed by atoms with Crippen LogP contribution in [-0.4, -0.2) is 63.3 Å². The molecule has 1 fully saturated rings. The zero-order valence-electron chi connectivity index (χ0n) is 18.5. The minimum absolute atomic E-state index is 0.0603. The number of ether oxygens (including phenoxy) is 1. The van der Waals surface area contributed by atoms with Gasteiger partial charge < -0.3 is 9.64 Å². The van der Waals surface area contributed by atoms with Crippen molar-refractivity contribution in [2.75, 3.05) is 27.2 Å². The molecular formula is C24H29N5O2. The van der Waals surface area contributed by atoms with Crippen LogP contribution in [0.5, 0.6) is 0 Å². The predicted octanol–water partition coefficient (Wildman–Crippen LogP) is 2.78. The summed E-state index contributed by atoms with van der Waals surface area (Å²) in [7, 11) is 5.46. The highest BCUT2D eigenvalue weighted by atomic mass is 16.5. The van der Waals surface area contributed by atoms with Gasteiger partial charge in [0.15, 0.2) is 5.69 Å². The number of rotatable bonds is 3. The summed E-state index contributed by atoms with van der Waals surface area (Å²) in [6.07, 6.45) is 4.64. The number of pyridine rings is 1. The van der Waals surface area contributed by atoms with Crippen molar-refractivity contribution in [3.8, 4) is 0 Å². The number of fused-ring (bicyclic) bond motifs is 2. The molecular weight excluding hydrogens is 390 g/mol. The number of aryl methyl sites for hydroxylation is 1. The number of likely N-dealkylation sites (tertiary alicyclic amines) is 1. The Balaban J connectivity index is 1.29. The van der Waals surface area contributed by atoms with Gasteiger partial charge in [-0.3, -0.25) is 19.4 Å². The van der Waals surface area contributed by atoms with Crippen LogP contribution in [0.25, 0.3) is 10.9 Å². The smallest absolute Gasteiger partial charge is 0.274 e. The molecule has 2 aliphatic rings. The summed E-state index contributed by atoms with van der Waals surface area (Å²) in [5.41, 5.74) is 4.83. The molecule has 1 spiro atoms. The summed E-state index contributed by atoms with van der Waals surface area (Å²) in [5.74, 6) is -0.0603. The number of piperidine rings is 1. The van der Waals surface area contributed by atoms with Crippen LogP contribution in [0.4, 0.5) is 0 Å². The molecule has 0 aliphatic carbocycles. The van der Waals surface area contributed by atoms with Crippen LogP contribution in [0, 0.1) is 0 Å². The van der Waals surface area contributed by atoms with Gasteiger partial charge in [0.1, 0.15) is 0 Å². The van der Waals surface area contributed by atoms with Crippen LogP contribution in [0.3, 0.4) is 0 Å². The monoisotopic (exact) mass is 419 g/mol. The van der Waals surface area contributed by atoms with E-state index in [0.717, 1.165) is 55.7 Å². The third-order valence-corrected chi connectivity index (χ3v) is 6.77. The van der Waals surface area contributed by atoms with Gasteiger partial charge in [-0.05, 0) is 24.5 Å². The fourth-order valence-electron chi connectivity index (χ4n) is 4.92. The Morgan fingerprint density at radius 3 is 2.74 bits per heavy atom. The topological polar surface area (TPSA) is 63.5 Å². The number of amides is 1. The first kappa shape index (κ1) is 20.2. The van der Waals surface area contributed by atoms with Gasteiger partial charge in [-0.15, -0.1) is 0 Å². The number of hydrogen-bond donors (Lipinski definition) is 0. The maximum Gasteiger partial charge on any atom is 0.274 e. The molecule has 2 aliphatic heterocycles. The highest BCUT2D eigenvalue weighted by Gasteiger charge is 2.41. The Hall–Kier alpha value is -2.77. The summed E-state index contributed by atoms with van der Waals surface area (Å²) in [5, 5.41) is 5.71. The molecule has 7 nitrogen and oxygen atoms in total. The lowest BCUT2D eigenvalue weighted by molar-refractivity contribution is -0.104. The lowest BCUT2D eigenvalue weighted by atomic mass is 9.83. The van der Waals surface area contributed by atoms with Crippen molar-refractivity contribution in [2.45, 2.75) is 38.0 Å². The number of aromatic nitrogens is 3. The van der Waals surface area contributed by atoms with Crippen LogP contribution in [-0.2, 0) is 31.4 Å². The van der Waals surface area contributed by atoms with Gasteiger partial charge in [0.05, 0.1) is 17.7 Å². The molecule has 0 saturated carbocycles. The lowest BCUT2D eigenvalue weighted by Gasteiger charge is -2.44. The molecule has 0 bridgehead atoms. The molecule has 0 atom stereocenters. The van der Waals surface area contributed by atoms with Crippen molar-refractivity contribution < 1.29 is 9.53 Å². The number of nitrogens with zero attached hydrogens (tertiary/aromatic N) is 5. The van der Waals surface area contributed by atoms with E-state index in [-0.39, 0.29) is 11.5 Å². The van der Waals surface area contributed by atoms with E-state index in [4.69, 9.17) is 4.74 Å². The maximum absolute atomic E-state index is 12.5. The number of carbonyl (C=O) groups excluding carboxylic acids is 1. The van der Waals surface area contributed by atoms with Crippen molar-refractivity contribution in [3.05, 3.63) is 59.0 Å². The minimum atomic E-state index is -0.160. The number of para-hydroxylation sites is 1.